The second-order valence-electron chi connectivity index (χ2n) is 4.90. The summed E-state index contributed by atoms with van der Waals surface area (Å²) in [5.41, 5.74) is 7.88. The van der Waals surface area contributed by atoms with Crippen molar-refractivity contribution >= 4 is 23.1 Å². The molecule has 7 heteroatoms. The Morgan fingerprint density at radius 2 is 1.95 bits per heavy atom. The topological polar surface area (TPSA) is 87.3 Å². The molecule has 110 valence electrons. The molecule has 1 aromatic heterocycles. The second-order valence-corrected chi connectivity index (χ2v) is 5.34. The van der Waals surface area contributed by atoms with Crippen LogP contribution in [0.5, 0.6) is 5.75 Å². The maximum Gasteiger partial charge on any atom is 0.169 e. The highest BCUT2D eigenvalue weighted by Crippen LogP contribution is 2.33. The van der Waals surface area contributed by atoms with Gasteiger partial charge in [-0.1, -0.05) is 11.6 Å². The number of benzene rings is 1. The second kappa shape index (κ2) is 5.75. The summed E-state index contributed by atoms with van der Waals surface area (Å²) in [5, 5.41) is 21.9. The lowest BCUT2D eigenvalue weighted by Crippen LogP contribution is -2.43. The van der Waals surface area contributed by atoms with E-state index in [-0.39, 0.29) is 5.75 Å². The molecule has 0 saturated carbocycles. The first-order chi connectivity index (χ1) is 10.1. The zero-order valence-corrected chi connectivity index (χ0v) is 12.1. The van der Waals surface area contributed by atoms with Crippen LogP contribution in [0.2, 0.25) is 5.02 Å². The Balaban J connectivity index is 2.02. The van der Waals surface area contributed by atoms with E-state index in [1.54, 1.807) is 18.2 Å². The van der Waals surface area contributed by atoms with E-state index in [2.05, 4.69) is 20.4 Å². The summed E-state index contributed by atoms with van der Waals surface area (Å²) in [5.74, 6) is 0.506. The predicted molar refractivity (Wildman–Crippen MR) is 83.6 cm³/mol. The zero-order chi connectivity index (χ0) is 14.8. The third kappa shape index (κ3) is 2.86. The molecule has 0 unspecified atom stereocenters. The maximum atomic E-state index is 9.98. The van der Waals surface area contributed by atoms with E-state index >= 15 is 0 Å². The standard InChI is InChI=1S/C14H16ClN5O/c15-9-1-2-13(21)10(7-9)11-8-12(14(16)19-18-11)20-5-3-17-4-6-20/h1-2,7-8,17,21H,3-6H2,(H2,16,19). The number of hydrogen-bond donors (Lipinski definition) is 3. The van der Waals surface area contributed by atoms with Gasteiger partial charge in [-0.2, -0.15) is 0 Å². The van der Waals surface area contributed by atoms with Gasteiger partial charge in [0.15, 0.2) is 5.82 Å². The van der Waals surface area contributed by atoms with Crippen LogP contribution in [0.3, 0.4) is 0 Å². The first-order valence-electron chi connectivity index (χ1n) is 6.73. The first-order valence-corrected chi connectivity index (χ1v) is 7.10. The van der Waals surface area contributed by atoms with E-state index in [9.17, 15) is 5.11 Å². The molecule has 2 heterocycles. The van der Waals surface area contributed by atoms with E-state index in [1.807, 2.05) is 6.07 Å². The summed E-state index contributed by atoms with van der Waals surface area (Å²) < 4.78 is 0. The van der Waals surface area contributed by atoms with Crippen molar-refractivity contribution in [1.29, 1.82) is 0 Å². The molecule has 1 aromatic carbocycles. The molecule has 1 aliphatic rings. The van der Waals surface area contributed by atoms with E-state index in [0.717, 1.165) is 31.9 Å². The van der Waals surface area contributed by atoms with Crippen molar-refractivity contribution in [1.82, 2.24) is 15.5 Å². The largest absolute Gasteiger partial charge is 0.507 e. The minimum atomic E-state index is 0.115. The van der Waals surface area contributed by atoms with Crippen molar-refractivity contribution in [3.05, 3.63) is 29.3 Å². The van der Waals surface area contributed by atoms with Gasteiger partial charge in [0.2, 0.25) is 0 Å². The Hall–Kier alpha value is -2.05. The number of anilines is 2. The number of nitrogens with one attached hydrogen (secondary N) is 1. The number of nitrogens with two attached hydrogens (primary N) is 1. The highest BCUT2D eigenvalue weighted by atomic mass is 35.5. The third-order valence-electron chi connectivity index (χ3n) is 3.49. The Morgan fingerprint density at radius 1 is 1.19 bits per heavy atom. The summed E-state index contributed by atoms with van der Waals surface area (Å²) >= 11 is 5.98. The fourth-order valence-electron chi connectivity index (χ4n) is 2.40. The van der Waals surface area contributed by atoms with Crippen LogP contribution < -0.4 is 16.0 Å². The molecule has 3 rings (SSSR count). The summed E-state index contributed by atoms with van der Waals surface area (Å²) in [6.07, 6.45) is 0. The number of piperazine rings is 1. The number of aromatic hydroxyl groups is 1. The van der Waals surface area contributed by atoms with Crippen molar-refractivity contribution in [3.8, 4) is 17.0 Å². The van der Waals surface area contributed by atoms with Gasteiger partial charge in [0.1, 0.15) is 5.75 Å². The summed E-state index contributed by atoms with van der Waals surface area (Å²) in [7, 11) is 0. The van der Waals surface area contributed by atoms with Crippen molar-refractivity contribution in [3.63, 3.8) is 0 Å². The Morgan fingerprint density at radius 3 is 2.71 bits per heavy atom. The van der Waals surface area contributed by atoms with Gasteiger partial charge in [0.25, 0.3) is 0 Å². The summed E-state index contributed by atoms with van der Waals surface area (Å²) in [6, 6.07) is 6.68. The molecule has 21 heavy (non-hydrogen) atoms. The number of rotatable bonds is 2. The van der Waals surface area contributed by atoms with Crippen LogP contribution in [0.15, 0.2) is 24.3 Å². The monoisotopic (exact) mass is 305 g/mol. The van der Waals surface area contributed by atoms with E-state index in [4.69, 9.17) is 17.3 Å². The van der Waals surface area contributed by atoms with Crippen LogP contribution in [0.25, 0.3) is 11.3 Å². The van der Waals surface area contributed by atoms with Crippen molar-refractivity contribution in [2.45, 2.75) is 0 Å². The van der Waals surface area contributed by atoms with E-state index < -0.39 is 0 Å². The van der Waals surface area contributed by atoms with E-state index in [0.29, 0.717) is 22.1 Å². The summed E-state index contributed by atoms with van der Waals surface area (Å²) in [4.78, 5) is 2.16. The number of nitrogens with zero attached hydrogens (tertiary/aromatic N) is 3. The molecular weight excluding hydrogens is 290 g/mol. The highest BCUT2D eigenvalue weighted by molar-refractivity contribution is 6.30. The predicted octanol–water partition coefficient (Wildman–Crippen LogP) is 1.49. The fraction of sp³-hybridized carbons (Fsp3) is 0.286. The third-order valence-corrected chi connectivity index (χ3v) is 3.73. The van der Waals surface area contributed by atoms with Crippen LogP contribution in [0.4, 0.5) is 11.5 Å². The van der Waals surface area contributed by atoms with Crippen molar-refractivity contribution < 1.29 is 5.11 Å². The molecule has 6 nitrogen and oxygen atoms in total. The minimum absolute atomic E-state index is 0.115. The quantitative estimate of drug-likeness (QED) is 0.779. The Labute approximate surface area is 127 Å². The smallest absolute Gasteiger partial charge is 0.169 e. The molecule has 1 saturated heterocycles. The zero-order valence-electron chi connectivity index (χ0n) is 11.4. The average molecular weight is 306 g/mol. The molecule has 0 atom stereocenters. The number of aromatic nitrogens is 2. The lowest BCUT2D eigenvalue weighted by atomic mass is 10.1. The van der Waals surface area contributed by atoms with Crippen LogP contribution in [0.1, 0.15) is 0 Å². The molecule has 4 N–H and O–H groups in total. The maximum absolute atomic E-state index is 9.98. The van der Waals surface area contributed by atoms with Gasteiger partial charge in [0.05, 0.1) is 11.4 Å². The fourth-order valence-corrected chi connectivity index (χ4v) is 2.57. The molecule has 0 radical (unpaired) electrons. The van der Waals surface area contributed by atoms with Crippen LogP contribution in [-0.2, 0) is 0 Å². The SMILES string of the molecule is Nc1nnc(-c2cc(Cl)ccc2O)cc1N1CCNCC1. The lowest BCUT2D eigenvalue weighted by Gasteiger charge is -2.30. The molecule has 0 spiro atoms. The molecule has 0 bridgehead atoms. The van der Waals surface area contributed by atoms with Gasteiger partial charge in [-0.05, 0) is 24.3 Å². The van der Waals surface area contributed by atoms with Gasteiger partial charge in [-0.3, -0.25) is 0 Å². The first kappa shape index (κ1) is 13.9. The van der Waals surface area contributed by atoms with Gasteiger partial charge in [-0.25, -0.2) is 0 Å². The van der Waals surface area contributed by atoms with Crippen molar-refractivity contribution in [2.75, 3.05) is 36.8 Å². The minimum Gasteiger partial charge on any atom is -0.507 e. The number of phenolic OH excluding ortho intramolecular Hbond substituents is 1. The normalized spacial score (nSPS) is 15.2. The molecule has 1 aliphatic heterocycles. The van der Waals surface area contributed by atoms with Crippen LogP contribution >= 0.6 is 11.6 Å². The molecular formula is C14H16ClN5O. The van der Waals surface area contributed by atoms with Gasteiger partial charge in [0, 0.05) is 36.8 Å². The molecule has 0 amide bonds. The van der Waals surface area contributed by atoms with Crippen LogP contribution in [0, 0.1) is 0 Å². The average Bonchev–Trinajstić information content (AvgIpc) is 2.51. The van der Waals surface area contributed by atoms with Crippen molar-refractivity contribution in [2.24, 2.45) is 0 Å². The van der Waals surface area contributed by atoms with Gasteiger partial charge in [-0.15, -0.1) is 10.2 Å². The van der Waals surface area contributed by atoms with Gasteiger partial charge < -0.3 is 21.1 Å². The van der Waals surface area contributed by atoms with E-state index in [1.165, 1.54) is 0 Å². The molecule has 0 aliphatic carbocycles. The van der Waals surface area contributed by atoms with Crippen LogP contribution in [-0.4, -0.2) is 41.5 Å². The molecule has 1 fully saturated rings. The highest BCUT2D eigenvalue weighted by Gasteiger charge is 2.17. The summed E-state index contributed by atoms with van der Waals surface area (Å²) in [6.45, 7) is 3.52. The Kier molecular flexibility index (Phi) is 3.81. The lowest BCUT2D eigenvalue weighted by molar-refractivity contribution is 0.477. The number of phenols is 1. The number of hydrogen-bond acceptors (Lipinski definition) is 6. The number of nitrogen functional groups attached to an aromatic ring is 1. The molecule has 2 aromatic rings. The number of halogens is 1. The van der Waals surface area contributed by atoms with Gasteiger partial charge >= 0.3 is 0 Å². The Bertz CT molecular complexity index is 658.